The van der Waals surface area contributed by atoms with Crippen LogP contribution in [0.5, 0.6) is 0 Å². The predicted molar refractivity (Wildman–Crippen MR) is 117 cm³/mol. The summed E-state index contributed by atoms with van der Waals surface area (Å²) in [5, 5.41) is 8.86. The summed E-state index contributed by atoms with van der Waals surface area (Å²) in [6.07, 6.45) is -0.465. The lowest BCUT2D eigenvalue weighted by Gasteiger charge is -2.19. The molecule has 3 N–H and O–H groups in total. The van der Waals surface area contributed by atoms with Crippen LogP contribution in [0.3, 0.4) is 0 Å². The van der Waals surface area contributed by atoms with Crippen molar-refractivity contribution in [3.05, 3.63) is 23.2 Å². The standard InChI is InChI=1S/C18H30N4O5.HI/c1-7-19-16(20-8-9-21-17(24)27-18(3,4)5)22-11-13-10-14(12(2)26-13)15(23)25-6;/h10H,7-9,11H2,1-6H3,(H,21,24)(H2,19,20,22);1H. The number of hydrogen-bond acceptors (Lipinski definition) is 6. The molecule has 0 aromatic carbocycles. The number of furan rings is 1. The van der Waals surface area contributed by atoms with Gasteiger partial charge in [-0.05, 0) is 40.7 Å². The Bertz CT molecular complexity index is 667. The lowest BCUT2D eigenvalue weighted by Crippen LogP contribution is -2.42. The molecule has 1 heterocycles. The Kier molecular flexibility index (Phi) is 11.6. The highest BCUT2D eigenvalue weighted by atomic mass is 127. The summed E-state index contributed by atoms with van der Waals surface area (Å²) >= 11 is 0. The summed E-state index contributed by atoms with van der Waals surface area (Å²) in [6, 6.07) is 1.62. The number of amides is 1. The first-order chi connectivity index (χ1) is 12.7. The lowest BCUT2D eigenvalue weighted by atomic mass is 10.2. The zero-order valence-electron chi connectivity index (χ0n) is 17.3. The van der Waals surface area contributed by atoms with Gasteiger partial charge in [-0.1, -0.05) is 0 Å². The van der Waals surface area contributed by atoms with E-state index in [1.807, 2.05) is 27.7 Å². The van der Waals surface area contributed by atoms with E-state index in [1.165, 1.54) is 7.11 Å². The molecule has 9 nitrogen and oxygen atoms in total. The molecule has 28 heavy (non-hydrogen) atoms. The molecule has 0 aliphatic rings. The van der Waals surface area contributed by atoms with Gasteiger partial charge in [-0.15, -0.1) is 24.0 Å². The molecule has 0 saturated heterocycles. The first-order valence-corrected chi connectivity index (χ1v) is 8.83. The molecular weight excluding hydrogens is 479 g/mol. The molecule has 160 valence electrons. The fourth-order valence-corrected chi connectivity index (χ4v) is 2.09. The molecule has 1 aromatic rings. The zero-order valence-corrected chi connectivity index (χ0v) is 19.6. The smallest absolute Gasteiger partial charge is 0.407 e. The van der Waals surface area contributed by atoms with Crippen LogP contribution in [0.15, 0.2) is 15.5 Å². The number of aliphatic imine (C=N–C) groups is 1. The van der Waals surface area contributed by atoms with Gasteiger partial charge in [-0.2, -0.15) is 0 Å². The van der Waals surface area contributed by atoms with Gasteiger partial charge in [0.25, 0.3) is 0 Å². The van der Waals surface area contributed by atoms with E-state index in [-0.39, 0.29) is 30.5 Å². The predicted octanol–water partition coefficient (Wildman–Crippen LogP) is 2.57. The number of rotatable bonds is 7. The summed E-state index contributed by atoms with van der Waals surface area (Å²) in [5.41, 5.74) is -0.139. The van der Waals surface area contributed by atoms with Gasteiger partial charge >= 0.3 is 12.1 Å². The second-order valence-corrected chi connectivity index (χ2v) is 6.72. The maximum atomic E-state index is 11.6. The van der Waals surface area contributed by atoms with Crippen molar-refractivity contribution < 1.29 is 23.5 Å². The fraction of sp³-hybridized carbons (Fsp3) is 0.611. The number of nitrogens with zero attached hydrogens (tertiary/aromatic N) is 1. The van der Waals surface area contributed by atoms with Gasteiger partial charge in [0.2, 0.25) is 0 Å². The normalized spacial score (nSPS) is 11.3. The van der Waals surface area contributed by atoms with E-state index in [9.17, 15) is 9.59 Å². The topological polar surface area (TPSA) is 114 Å². The van der Waals surface area contributed by atoms with Crippen LogP contribution in [0.2, 0.25) is 0 Å². The van der Waals surface area contributed by atoms with E-state index in [0.717, 1.165) is 0 Å². The molecule has 1 aromatic heterocycles. The Morgan fingerprint density at radius 3 is 2.39 bits per heavy atom. The highest BCUT2D eigenvalue weighted by Gasteiger charge is 2.16. The first kappa shape index (κ1) is 26.0. The number of alkyl carbamates (subject to hydrolysis) is 1. The minimum absolute atomic E-state index is 0. The number of guanidine groups is 1. The van der Waals surface area contributed by atoms with Crippen molar-refractivity contribution >= 4 is 42.0 Å². The number of halogens is 1. The van der Waals surface area contributed by atoms with E-state index in [4.69, 9.17) is 13.9 Å². The van der Waals surface area contributed by atoms with E-state index in [0.29, 0.717) is 42.7 Å². The second-order valence-electron chi connectivity index (χ2n) is 6.72. The van der Waals surface area contributed by atoms with Crippen LogP contribution in [-0.2, 0) is 16.0 Å². The molecule has 0 radical (unpaired) electrons. The third kappa shape index (κ3) is 9.81. The number of esters is 1. The molecular formula is C18H31IN4O5. The van der Waals surface area contributed by atoms with Crippen LogP contribution >= 0.6 is 24.0 Å². The second kappa shape index (κ2) is 12.5. The molecule has 1 amide bonds. The number of carbonyl (C=O) groups is 2. The summed E-state index contributed by atoms with van der Waals surface area (Å²) in [6.45, 7) is 10.9. The van der Waals surface area contributed by atoms with Crippen LogP contribution in [0.1, 0.15) is 49.6 Å². The van der Waals surface area contributed by atoms with Crippen LogP contribution in [0.25, 0.3) is 0 Å². The van der Waals surface area contributed by atoms with Gasteiger partial charge in [0.15, 0.2) is 5.96 Å². The largest absolute Gasteiger partial charge is 0.465 e. The van der Waals surface area contributed by atoms with Crippen molar-refractivity contribution in [3.8, 4) is 0 Å². The fourth-order valence-electron chi connectivity index (χ4n) is 2.09. The number of aryl methyl sites for hydroxylation is 1. The SMILES string of the molecule is CCNC(=NCc1cc(C(=O)OC)c(C)o1)NCCNC(=O)OC(C)(C)C.I. The Hall–Kier alpha value is -1.98. The zero-order chi connectivity index (χ0) is 20.4. The molecule has 0 fully saturated rings. The van der Waals surface area contributed by atoms with Crippen LogP contribution < -0.4 is 16.0 Å². The summed E-state index contributed by atoms with van der Waals surface area (Å²) < 4.78 is 15.4. The van der Waals surface area contributed by atoms with E-state index >= 15 is 0 Å². The van der Waals surface area contributed by atoms with Crippen molar-refractivity contribution in [2.24, 2.45) is 4.99 Å². The van der Waals surface area contributed by atoms with Crippen LogP contribution in [-0.4, -0.2) is 50.4 Å². The van der Waals surface area contributed by atoms with Crippen molar-refractivity contribution in [3.63, 3.8) is 0 Å². The Morgan fingerprint density at radius 1 is 1.18 bits per heavy atom. The van der Waals surface area contributed by atoms with Gasteiger partial charge < -0.3 is 29.8 Å². The highest BCUT2D eigenvalue weighted by molar-refractivity contribution is 14.0. The van der Waals surface area contributed by atoms with Gasteiger partial charge in [0, 0.05) is 19.6 Å². The monoisotopic (exact) mass is 510 g/mol. The third-order valence-corrected chi connectivity index (χ3v) is 3.20. The Morgan fingerprint density at radius 2 is 1.82 bits per heavy atom. The van der Waals surface area contributed by atoms with Gasteiger partial charge in [0.1, 0.15) is 29.2 Å². The molecule has 0 unspecified atom stereocenters. The number of nitrogens with one attached hydrogen (secondary N) is 3. The molecule has 0 saturated carbocycles. The van der Waals surface area contributed by atoms with E-state index in [2.05, 4.69) is 20.9 Å². The number of hydrogen-bond donors (Lipinski definition) is 3. The average Bonchev–Trinajstić information content (AvgIpc) is 2.95. The molecule has 0 atom stereocenters. The summed E-state index contributed by atoms with van der Waals surface area (Å²) in [5.74, 6) is 1.17. The van der Waals surface area contributed by atoms with Crippen LogP contribution in [0.4, 0.5) is 4.79 Å². The minimum atomic E-state index is -0.530. The van der Waals surface area contributed by atoms with Crippen molar-refractivity contribution in [2.75, 3.05) is 26.7 Å². The lowest BCUT2D eigenvalue weighted by molar-refractivity contribution is 0.0527. The molecule has 0 spiro atoms. The van der Waals surface area contributed by atoms with Crippen molar-refractivity contribution in [2.45, 2.75) is 46.8 Å². The first-order valence-electron chi connectivity index (χ1n) is 8.83. The van der Waals surface area contributed by atoms with Gasteiger partial charge in [0.05, 0.1) is 7.11 Å². The highest BCUT2D eigenvalue weighted by Crippen LogP contribution is 2.16. The summed E-state index contributed by atoms with van der Waals surface area (Å²) in [7, 11) is 1.32. The minimum Gasteiger partial charge on any atom is -0.465 e. The molecule has 0 aliphatic heterocycles. The molecule has 10 heteroatoms. The van der Waals surface area contributed by atoms with E-state index in [1.54, 1.807) is 13.0 Å². The van der Waals surface area contributed by atoms with Crippen LogP contribution in [0, 0.1) is 6.92 Å². The van der Waals surface area contributed by atoms with Crippen molar-refractivity contribution in [1.29, 1.82) is 0 Å². The molecule has 0 aliphatic carbocycles. The average molecular weight is 510 g/mol. The third-order valence-electron chi connectivity index (χ3n) is 3.20. The molecule has 1 rings (SSSR count). The number of methoxy groups -OCH3 is 1. The van der Waals surface area contributed by atoms with Gasteiger partial charge in [-0.3, -0.25) is 0 Å². The maximum absolute atomic E-state index is 11.6. The number of carbonyl (C=O) groups excluding carboxylic acids is 2. The van der Waals surface area contributed by atoms with Crippen molar-refractivity contribution in [1.82, 2.24) is 16.0 Å². The number of ether oxygens (including phenoxy) is 2. The quantitative estimate of drug-likeness (QED) is 0.170. The Balaban J connectivity index is 0.00000729. The molecule has 0 bridgehead atoms. The van der Waals surface area contributed by atoms with E-state index < -0.39 is 17.7 Å². The Labute approximate surface area is 183 Å². The summed E-state index contributed by atoms with van der Waals surface area (Å²) in [4.78, 5) is 27.6. The maximum Gasteiger partial charge on any atom is 0.407 e. The van der Waals surface area contributed by atoms with Gasteiger partial charge in [-0.25, -0.2) is 14.6 Å².